The number of rotatable bonds is 5. The van der Waals surface area contributed by atoms with Gasteiger partial charge in [0.05, 0.1) is 17.9 Å². The molecular formula is C26H29F3N4O2. The normalized spacial score (nSPS) is 20.7. The highest BCUT2D eigenvalue weighted by Gasteiger charge is 2.39. The Kier molecular flexibility index (Phi) is 6.44. The van der Waals surface area contributed by atoms with E-state index >= 15 is 0 Å². The highest BCUT2D eigenvalue weighted by Crippen LogP contribution is 2.38. The van der Waals surface area contributed by atoms with Gasteiger partial charge in [0.15, 0.2) is 0 Å². The first kappa shape index (κ1) is 23.7. The van der Waals surface area contributed by atoms with Gasteiger partial charge in [-0.15, -0.1) is 0 Å². The van der Waals surface area contributed by atoms with E-state index in [0.29, 0.717) is 49.4 Å². The maximum atomic E-state index is 14.9. The Hall–Kier alpha value is -3.07. The number of carbonyl (C=O) groups is 2. The second-order valence-electron chi connectivity index (χ2n) is 9.65. The van der Waals surface area contributed by atoms with Crippen molar-refractivity contribution in [3.63, 3.8) is 0 Å². The van der Waals surface area contributed by atoms with Crippen LogP contribution in [0.2, 0.25) is 0 Å². The molecule has 0 saturated carbocycles. The number of carbonyl (C=O) groups excluding carboxylic acids is 2. The minimum atomic E-state index is -2.87. The maximum absolute atomic E-state index is 14.9. The van der Waals surface area contributed by atoms with Gasteiger partial charge in [-0.3, -0.25) is 15.0 Å². The molecule has 0 unspecified atom stereocenters. The predicted octanol–water partition coefficient (Wildman–Crippen LogP) is 4.35. The lowest BCUT2D eigenvalue weighted by atomic mass is 9.84. The van der Waals surface area contributed by atoms with E-state index in [1.54, 1.807) is 18.2 Å². The summed E-state index contributed by atoms with van der Waals surface area (Å²) in [5.41, 5.74) is 5.09. The van der Waals surface area contributed by atoms with Gasteiger partial charge in [0, 0.05) is 44.1 Å². The highest BCUT2D eigenvalue weighted by molar-refractivity contribution is 5.98. The van der Waals surface area contributed by atoms with Crippen LogP contribution in [0.15, 0.2) is 36.4 Å². The second kappa shape index (κ2) is 9.53. The minimum Gasteiger partial charge on any atom is -0.369 e. The molecule has 0 aliphatic carbocycles. The Balaban J connectivity index is 1.22. The standard InChI is InChI=1S/C26H29F3N4O2/c27-21-14-20(31-33-23(34)5-2-6-24(33)35)7-8-22(21)32-11-9-17(10-12-32)13-18-3-1-4-19-15-30-16-26(28,29)25(18)19/h1,3-4,7-8,14,17,30-31H,2,5-6,9-13,15-16H2. The van der Waals surface area contributed by atoms with Crippen molar-refractivity contribution in [2.45, 2.75) is 51.0 Å². The fourth-order valence-corrected chi connectivity index (χ4v) is 5.41. The van der Waals surface area contributed by atoms with Gasteiger partial charge in [0.2, 0.25) is 11.8 Å². The smallest absolute Gasteiger partial charge is 0.285 e. The van der Waals surface area contributed by atoms with Crippen LogP contribution in [0.1, 0.15) is 48.8 Å². The molecule has 3 aliphatic heterocycles. The number of nitrogens with zero attached hydrogens (tertiary/aromatic N) is 2. The summed E-state index contributed by atoms with van der Waals surface area (Å²) in [7, 11) is 0. The Bertz CT molecular complexity index is 1120. The van der Waals surface area contributed by atoms with Gasteiger partial charge in [0.25, 0.3) is 5.92 Å². The molecule has 2 N–H and O–H groups in total. The fraction of sp³-hybridized carbons (Fsp3) is 0.462. The third-order valence-corrected chi connectivity index (χ3v) is 7.20. The van der Waals surface area contributed by atoms with Crippen molar-refractivity contribution in [1.29, 1.82) is 0 Å². The molecule has 2 saturated heterocycles. The zero-order chi connectivity index (χ0) is 24.6. The number of hydrogen-bond acceptors (Lipinski definition) is 5. The SMILES string of the molecule is O=C1CCCC(=O)N1Nc1ccc(N2CCC(Cc3cccc4c3C(F)(F)CNC4)CC2)c(F)c1. The summed E-state index contributed by atoms with van der Waals surface area (Å²) in [6.45, 7) is 1.38. The number of hydrazine groups is 1. The van der Waals surface area contributed by atoms with Crippen LogP contribution in [0.5, 0.6) is 0 Å². The number of alkyl halides is 2. The Morgan fingerprint density at radius 1 is 1.06 bits per heavy atom. The van der Waals surface area contributed by atoms with Gasteiger partial charge < -0.3 is 10.2 Å². The van der Waals surface area contributed by atoms with Crippen molar-refractivity contribution < 1.29 is 22.8 Å². The number of nitrogens with one attached hydrogen (secondary N) is 2. The van der Waals surface area contributed by atoms with E-state index in [9.17, 15) is 22.8 Å². The van der Waals surface area contributed by atoms with Gasteiger partial charge >= 0.3 is 0 Å². The van der Waals surface area contributed by atoms with Crippen LogP contribution in [-0.2, 0) is 28.5 Å². The average molecular weight is 487 g/mol. The summed E-state index contributed by atoms with van der Waals surface area (Å²) in [4.78, 5) is 25.9. The quantitative estimate of drug-likeness (QED) is 0.616. The van der Waals surface area contributed by atoms with E-state index in [1.165, 1.54) is 6.07 Å². The molecule has 186 valence electrons. The lowest BCUT2D eigenvalue weighted by Gasteiger charge is -2.35. The van der Waals surface area contributed by atoms with Gasteiger partial charge in [0.1, 0.15) is 5.82 Å². The summed E-state index contributed by atoms with van der Waals surface area (Å²) < 4.78 is 44.2. The summed E-state index contributed by atoms with van der Waals surface area (Å²) in [5.74, 6) is -3.69. The summed E-state index contributed by atoms with van der Waals surface area (Å²) >= 11 is 0. The third-order valence-electron chi connectivity index (χ3n) is 7.20. The number of fused-ring (bicyclic) bond motifs is 1. The minimum absolute atomic E-state index is 0.181. The highest BCUT2D eigenvalue weighted by atomic mass is 19.3. The van der Waals surface area contributed by atoms with Crippen molar-refractivity contribution in [1.82, 2.24) is 10.3 Å². The molecule has 0 spiro atoms. The van der Waals surface area contributed by atoms with E-state index in [1.807, 2.05) is 17.0 Å². The van der Waals surface area contributed by atoms with E-state index in [0.717, 1.165) is 23.4 Å². The maximum Gasteiger partial charge on any atom is 0.285 e. The zero-order valence-corrected chi connectivity index (χ0v) is 19.5. The van der Waals surface area contributed by atoms with Crippen LogP contribution in [0.4, 0.5) is 24.5 Å². The topological polar surface area (TPSA) is 64.7 Å². The third kappa shape index (κ3) is 4.87. The summed E-state index contributed by atoms with van der Waals surface area (Å²) in [6, 6.07) is 10.0. The molecule has 0 bridgehead atoms. The van der Waals surface area contributed by atoms with E-state index < -0.39 is 11.7 Å². The van der Waals surface area contributed by atoms with Gasteiger partial charge in [-0.1, -0.05) is 18.2 Å². The Labute approximate surface area is 202 Å². The average Bonchev–Trinajstić information content (AvgIpc) is 2.82. The number of imide groups is 1. The van der Waals surface area contributed by atoms with Crippen LogP contribution in [0.3, 0.4) is 0 Å². The first-order valence-corrected chi connectivity index (χ1v) is 12.2. The monoisotopic (exact) mass is 486 g/mol. The van der Waals surface area contributed by atoms with Crippen molar-refractivity contribution in [2.75, 3.05) is 30.0 Å². The van der Waals surface area contributed by atoms with E-state index in [-0.39, 0.29) is 42.7 Å². The molecule has 2 aromatic rings. The molecule has 3 heterocycles. The molecule has 35 heavy (non-hydrogen) atoms. The summed E-state index contributed by atoms with van der Waals surface area (Å²) in [5, 5.41) is 3.75. The molecule has 9 heteroatoms. The van der Waals surface area contributed by atoms with Crippen molar-refractivity contribution in [3.8, 4) is 0 Å². The molecule has 6 nitrogen and oxygen atoms in total. The zero-order valence-electron chi connectivity index (χ0n) is 19.5. The first-order valence-electron chi connectivity index (χ1n) is 12.2. The molecule has 0 atom stereocenters. The van der Waals surface area contributed by atoms with Crippen LogP contribution < -0.4 is 15.6 Å². The number of amides is 2. The molecular weight excluding hydrogens is 457 g/mol. The van der Waals surface area contributed by atoms with Gasteiger partial charge in [-0.05, 0) is 54.9 Å². The van der Waals surface area contributed by atoms with Crippen molar-refractivity contribution >= 4 is 23.2 Å². The molecule has 2 fully saturated rings. The molecule has 0 radical (unpaired) electrons. The van der Waals surface area contributed by atoms with Crippen LogP contribution in [0.25, 0.3) is 0 Å². The molecule has 2 aromatic carbocycles. The van der Waals surface area contributed by atoms with Crippen molar-refractivity contribution in [3.05, 3.63) is 58.9 Å². The number of benzene rings is 2. The lowest BCUT2D eigenvalue weighted by molar-refractivity contribution is -0.146. The lowest BCUT2D eigenvalue weighted by Crippen LogP contribution is -2.44. The second-order valence-corrected chi connectivity index (χ2v) is 9.65. The molecule has 3 aliphatic rings. The largest absolute Gasteiger partial charge is 0.369 e. The fourth-order valence-electron chi connectivity index (χ4n) is 5.41. The van der Waals surface area contributed by atoms with E-state index in [2.05, 4.69) is 10.7 Å². The molecule has 0 aromatic heterocycles. The van der Waals surface area contributed by atoms with E-state index in [4.69, 9.17) is 0 Å². The number of halogens is 3. The van der Waals surface area contributed by atoms with Crippen LogP contribution in [0, 0.1) is 11.7 Å². The molecule has 2 amide bonds. The van der Waals surface area contributed by atoms with Crippen LogP contribution >= 0.6 is 0 Å². The van der Waals surface area contributed by atoms with Gasteiger partial charge in [-0.25, -0.2) is 4.39 Å². The van der Waals surface area contributed by atoms with Crippen LogP contribution in [-0.4, -0.2) is 36.5 Å². The number of hydrogen-bond donors (Lipinski definition) is 2. The Morgan fingerprint density at radius 3 is 2.51 bits per heavy atom. The van der Waals surface area contributed by atoms with Gasteiger partial charge in [-0.2, -0.15) is 13.8 Å². The summed E-state index contributed by atoms with van der Waals surface area (Å²) in [6.07, 6.45) is 3.26. The number of piperidine rings is 2. The van der Waals surface area contributed by atoms with Crippen molar-refractivity contribution in [2.24, 2.45) is 5.92 Å². The predicted molar refractivity (Wildman–Crippen MR) is 126 cm³/mol. The number of anilines is 2. The molecule has 5 rings (SSSR count). The first-order chi connectivity index (χ1) is 16.8. The Morgan fingerprint density at radius 2 is 1.80 bits per heavy atom.